The van der Waals surface area contributed by atoms with Crippen LogP contribution in [0.4, 0.5) is 5.69 Å². The second-order valence-electron chi connectivity index (χ2n) is 3.64. The van der Waals surface area contributed by atoms with E-state index >= 15 is 0 Å². The Labute approximate surface area is 108 Å². The summed E-state index contributed by atoms with van der Waals surface area (Å²) < 4.78 is 0. The average Bonchev–Trinajstić information content (AvgIpc) is 2.34. The summed E-state index contributed by atoms with van der Waals surface area (Å²) in [6.45, 7) is 0. The molecule has 0 aliphatic carbocycles. The zero-order chi connectivity index (χ0) is 13.7. The van der Waals surface area contributed by atoms with Crippen molar-refractivity contribution in [2.24, 2.45) is 0 Å². The third-order valence-electron chi connectivity index (χ3n) is 2.46. The van der Waals surface area contributed by atoms with Gasteiger partial charge in [0.25, 0.3) is 5.69 Å². The number of aliphatic hydroxyl groups excluding tert-OH is 1. The van der Waals surface area contributed by atoms with E-state index in [0.29, 0.717) is 24.3 Å². The Morgan fingerprint density at radius 3 is 2.67 bits per heavy atom. The number of halogens is 1. The molecular formula is C11H12ClNO5. The molecule has 0 radical (unpaired) electrons. The molecule has 0 saturated heterocycles. The summed E-state index contributed by atoms with van der Waals surface area (Å²) in [5.41, 5.74) is -0.128. The number of nitro benzene ring substituents is 1. The molecule has 6 nitrogen and oxygen atoms in total. The van der Waals surface area contributed by atoms with Gasteiger partial charge in [0.2, 0.25) is 0 Å². The lowest BCUT2D eigenvalue weighted by atomic mass is 9.97. The van der Waals surface area contributed by atoms with Crippen molar-refractivity contribution >= 4 is 23.3 Å². The van der Waals surface area contributed by atoms with Crippen molar-refractivity contribution in [2.45, 2.75) is 18.9 Å². The maximum atomic E-state index is 10.9. The molecule has 0 bridgehead atoms. The van der Waals surface area contributed by atoms with Gasteiger partial charge in [0.05, 0.1) is 10.5 Å². The van der Waals surface area contributed by atoms with E-state index < -0.39 is 22.7 Å². The van der Waals surface area contributed by atoms with Crippen molar-refractivity contribution in [3.63, 3.8) is 0 Å². The zero-order valence-electron chi connectivity index (χ0n) is 9.38. The van der Waals surface area contributed by atoms with Crippen molar-refractivity contribution < 1.29 is 19.9 Å². The molecule has 7 heteroatoms. The van der Waals surface area contributed by atoms with Crippen LogP contribution in [0.5, 0.6) is 0 Å². The quantitative estimate of drug-likeness (QED) is 0.468. The fraction of sp³-hybridized carbons (Fsp3) is 0.364. The summed E-state index contributed by atoms with van der Waals surface area (Å²) >= 11 is 5.54. The molecule has 0 fully saturated rings. The number of benzene rings is 1. The highest BCUT2D eigenvalue weighted by Gasteiger charge is 2.28. The highest BCUT2D eigenvalue weighted by atomic mass is 35.5. The molecule has 0 amide bonds. The number of aliphatic hydroxyl groups is 1. The fourth-order valence-corrected chi connectivity index (χ4v) is 1.81. The van der Waals surface area contributed by atoms with E-state index in [1.165, 1.54) is 12.1 Å². The normalized spacial score (nSPS) is 12.1. The van der Waals surface area contributed by atoms with Gasteiger partial charge < -0.3 is 10.2 Å². The molecule has 1 aromatic carbocycles. The van der Waals surface area contributed by atoms with Crippen molar-refractivity contribution in [3.8, 4) is 0 Å². The number of nitro groups is 1. The number of nitrogens with zero attached hydrogens (tertiary/aromatic N) is 1. The monoisotopic (exact) mass is 273 g/mol. The first-order valence-corrected chi connectivity index (χ1v) is 5.75. The van der Waals surface area contributed by atoms with Crippen molar-refractivity contribution in [3.05, 3.63) is 39.4 Å². The van der Waals surface area contributed by atoms with Crippen LogP contribution in [0, 0.1) is 10.1 Å². The van der Waals surface area contributed by atoms with Crippen LogP contribution in [0.15, 0.2) is 18.2 Å². The van der Waals surface area contributed by atoms with Gasteiger partial charge >= 0.3 is 5.97 Å². The van der Waals surface area contributed by atoms with Gasteiger partial charge in [0.15, 0.2) is 6.10 Å². The lowest BCUT2D eigenvalue weighted by molar-refractivity contribution is -0.386. The number of carboxylic acids is 1. The van der Waals surface area contributed by atoms with Gasteiger partial charge in [-0.3, -0.25) is 10.1 Å². The van der Waals surface area contributed by atoms with Gasteiger partial charge in [-0.05, 0) is 18.4 Å². The molecule has 98 valence electrons. The maximum absolute atomic E-state index is 10.9. The van der Waals surface area contributed by atoms with E-state index in [1.54, 1.807) is 6.07 Å². The molecule has 0 spiro atoms. The third kappa shape index (κ3) is 3.18. The van der Waals surface area contributed by atoms with E-state index in [2.05, 4.69) is 0 Å². The molecule has 1 aromatic rings. The van der Waals surface area contributed by atoms with Crippen LogP contribution in [0.3, 0.4) is 0 Å². The Morgan fingerprint density at radius 2 is 2.17 bits per heavy atom. The van der Waals surface area contributed by atoms with Crippen LogP contribution >= 0.6 is 11.6 Å². The van der Waals surface area contributed by atoms with Gasteiger partial charge in [-0.1, -0.05) is 12.1 Å². The Morgan fingerprint density at radius 1 is 1.50 bits per heavy atom. The van der Waals surface area contributed by atoms with Gasteiger partial charge in [-0.2, -0.15) is 0 Å². The minimum absolute atomic E-state index is 0.167. The van der Waals surface area contributed by atoms with Crippen LogP contribution in [0.1, 0.15) is 23.7 Å². The first kappa shape index (κ1) is 14.4. The Balaban J connectivity index is 3.29. The molecule has 18 heavy (non-hydrogen) atoms. The second kappa shape index (κ2) is 6.32. The van der Waals surface area contributed by atoms with Crippen molar-refractivity contribution in [2.75, 3.05) is 5.88 Å². The van der Waals surface area contributed by atoms with Crippen LogP contribution in [-0.2, 0) is 11.2 Å². The van der Waals surface area contributed by atoms with Crippen molar-refractivity contribution in [1.29, 1.82) is 0 Å². The number of alkyl halides is 1. The zero-order valence-corrected chi connectivity index (χ0v) is 10.1. The fourth-order valence-electron chi connectivity index (χ4n) is 1.67. The molecule has 0 aliphatic heterocycles. The molecule has 1 rings (SSSR count). The first-order chi connectivity index (χ1) is 8.49. The number of aryl methyl sites for hydroxylation is 1. The molecule has 1 unspecified atom stereocenters. The summed E-state index contributed by atoms with van der Waals surface area (Å²) in [7, 11) is 0. The molecule has 0 aromatic heterocycles. The minimum atomic E-state index is -1.91. The summed E-state index contributed by atoms with van der Waals surface area (Å²) in [4.78, 5) is 20.9. The molecule has 0 saturated carbocycles. The Hall–Kier alpha value is -1.66. The smallest absolute Gasteiger partial charge is 0.337 e. The minimum Gasteiger partial charge on any atom is -0.479 e. The maximum Gasteiger partial charge on any atom is 0.337 e. The number of aliphatic carboxylic acids is 1. The summed E-state index contributed by atoms with van der Waals surface area (Å²) in [5, 5.41) is 29.2. The van der Waals surface area contributed by atoms with Gasteiger partial charge in [0.1, 0.15) is 0 Å². The number of hydrogen-bond donors (Lipinski definition) is 2. The third-order valence-corrected chi connectivity index (χ3v) is 2.72. The number of hydrogen-bond acceptors (Lipinski definition) is 4. The SMILES string of the molecule is O=C(O)C(O)c1c(CCCCl)cccc1[N+](=O)[O-]. The largest absolute Gasteiger partial charge is 0.479 e. The molecule has 0 aliphatic rings. The van der Waals surface area contributed by atoms with Crippen LogP contribution in [0.2, 0.25) is 0 Å². The molecule has 1 atom stereocenters. The van der Waals surface area contributed by atoms with E-state index in [9.17, 15) is 20.0 Å². The standard InChI is InChI=1S/C11H12ClNO5/c12-6-2-4-7-3-1-5-8(13(17)18)9(7)10(14)11(15)16/h1,3,5,10,14H,2,4,6H2,(H,15,16). The lowest BCUT2D eigenvalue weighted by Crippen LogP contribution is -2.15. The van der Waals surface area contributed by atoms with Gasteiger partial charge in [-0.25, -0.2) is 4.79 Å². The van der Waals surface area contributed by atoms with E-state index in [4.69, 9.17) is 16.7 Å². The first-order valence-electron chi connectivity index (χ1n) is 5.22. The van der Waals surface area contributed by atoms with Gasteiger partial charge in [-0.15, -0.1) is 11.6 Å². The second-order valence-corrected chi connectivity index (χ2v) is 4.02. The van der Waals surface area contributed by atoms with E-state index in [1.807, 2.05) is 0 Å². The Bertz CT molecular complexity index is 463. The highest BCUT2D eigenvalue weighted by Crippen LogP contribution is 2.29. The van der Waals surface area contributed by atoms with Crippen molar-refractivity contribution in [1.82, 2.24) is 0 Å². The average molecular weight is 274 g/mol. The number of rotatable bonds is 6. The number of carbonyl (C=O) groups is 1. The summed E-state index contributed by atoms with van der Waals surface area (Å²) in [6.07, 6.45) is -0.982. The topological polar surface area (TPSA) is 101 Å². The van der Waals surface area contributed by atoms with Gasteiger partial charge in [0, 0.05) is 11.9 Å². The molecule has 0 heterocycles. The molecular weight excluding hydrogens is 262 g/mol. The van der Waals surface area contributed by atoms with Crippen LogP contribution < -0.4 is 0 Å². The summed E-state index contributed by atoms with van der Waals surface area (Å²) in [5.74, 6) is -1.16. The van der Waals surface area contributed by atoms with Crippen LogP contribution in [-0.4, -0.2) is 27.0 Å². The number of carboxylic acid groups (broad SMARTS) is 1. The predicted octanol–water partition coefficient (Wildman–Crippen LogP) is 1.88. The molecule has 2 N–H and O–H groups in total. The highest BCUT2D eigenvalue weighted by molar-refractivity contribution is 6.17. The van der Waals surface area contributed by atoms with E-state index in [-0.39, 0.29) is 5.56 Å². The predicted molar refractivity (Wildman–Crippen MR) is 64.7 cm³/mol. The summed E-state index contributed by atoms with van der Waals surface area (Å²) in [6, 6.07) is 4.19. The van der Waals surface area contributed by atoms with E-state index in [0.717, 1.165) is 0 Å². The Kier molecular flexibility index (Phi) is 5.06. The lowest BCUT2D eigenvalue weighted by Gasteiger charge is -2.12. The van der Waals surface area contributed by atoms with Crippen LogP contribution in [0.25, 0.3) is 0 Å².